The van der Waals surface area contributed by atoms with Crippen molar-refractivity contribution in [1.82, 2.24) is 0 Å². The predicted octanol–water partition coefficient (Wildman–Crippen LogP) is 2.05. The Hall–Kier alpha value is -2.53. The largest absolute Gasteiger partial charge is 0.504 e. The van der Waals surface area contributed by atoms with Gasteiger partial charge in [0, 0.05) is 6.42 Å². The summed E-state index contributed by atoms with van der Waals surface area (Å²) >= 11 is 0. The monoisotopic (exact) mass is 302 g/mol. The Labute approximate surface area is 128 Å². The van der Waals surface area contributed by atoms with Gasteiger partial charge in [0.2, 0.25) is 0 Å². The quantitative estimate of drug-likeness (QED) is 0.799. The Balaban J connectivity index is 1.99. The summed E-state index contributed by atoms with van der Waals surface area (Å²) < 4.78 is 10.00. The molecule has 2 aromatic rings. The topological polar surface area (TPSA) is 76.0 Å². The number of carbonyl (C=O) groups excluding carboxylic acids is 1. The first-order valence-electron chi connectivity index (χ1n) is 6.84. The smallest absolute Gasteiger partial charge is 0.335 e. The molecule has 0 saturated carbocycles. The Bertz CT molecular complexity index is 624. The number of phenols is 1. The van der Waals surface area contributed by atoms with Crippen LogP contribution in [0.1, 0.15) is 11.1 Å². The van der Waals surface area contributed by atoms with Crippen LogP contribution in [0.4, 0.5) is 0 Å². The molecule has 0 radical (unpaired) electrons. The van der Waals surface area contributed by atoms with Crippen LogP contribution in [-0.2, 0) is 22.6 Å². The second-order valence-electron chi connectivity index (χ2n) is 4.82. The van der Waals surface area contributed by atoms with Crippen LogP contribution in [0.2, 0.25) is 0 Å². The van der Waals surface area contributed by atoms with Crippen LogP contribution in [-0.4, -0.2) is 29.4 Å². The van der Waals surface area contributed by atoms with E-state index in [9.17, 15) is 15.0 Å². The summed E-state index contributed by atoms with van der Waals surface area (Å²) in [5.74, 6) is -0.394. The van der Waals surface area contributed by atoms with E-state index in [2.05, 4.69) is 4.74 Å². The van der Waals surface area contributed by atoms with Crippen molar-refractivity contribution in [3.63, 3.8) is 0 Å². The number of aliphatic hydroxyl groups is 1. The molecule has 2 rings (SSSR count). The van der Waals surface area contributed by atoms with Crippen molar-refractivity contribution in [2.75, 3.05) is 7.11 Å². The normalized spacial score (nSPS) is 11.7. The zero-order valence-corrected chi connectivity index (χ0v) is 12.2. The van der Waals surface area contributed by atoms with Crippen LogP contribution >= 0.6 is 0 Å². The summed E-state index contributed by atoms with van der Waals surface area (Å²) in [6.45, 7) is 0.346. The maximum Gasteiger partial charge on any atom is 0.335 e. The van der Waals surface area contributed by atoms with Gasteiger partial charge >= 0.3 is 5.97 Å². The molecule has 0 bridgehead atoms. The molecule has 0 aromatic heterocycles. The third-order valence-electron chi connectivity index (χ3n) is 3.16. The van der Waals surface area contributed by atoms with E-state index >= 15 is 0 Å². The van der Waals surface area contributed by atoms with Gasteiger partial charge < -0.3 is 19.7 Å². The van der Waals surface area contributed by atoms with Crippen molar-refractivity contribution < 1.29 is 24.5 Å². The van der Waals surface area contributed by atoms with Gasteiger partial charge in [-0.1, -0.05) is 36.4 Å². The van der Waals surface area contributed by atoms with Crippen LogP contribution in [0.3, 0.4) is 0 Å². The first-order valence-corrected chi connectivity index (χ1v) is 6.84. The van der Waals surface area contributed by atoms with Crippen molar-refractivity contribution in [3.05, 3.63) is 59.7 Å². The average molecular weight is 302 g/mol. The van der Waals surface area contributed by atoms with Gasteiger partial charge in [-0.2, -0.15) is 0 Å². The number of benzene rings is 2. The van der Waals surface area contributed by atoms with Gasteiger partial charge in [0.05, 0.1) is 7.11 Å². The van der Waals surface area contributed by atoms with Gasteiger partial charge in [-0.25, -0.2) is 4.79 Å². The molecule has 22 heavy (non-hydrogen) atoms. The summed E-state index contributed by atoms with van der Waals surface area (Å²) in [7, 11) is 1.21. The van der Waals surface area contributed by atoms with Crippen LogP contribution in [0, 0.1) is 0 Å². The molecular formula is C17H18O5. The molecule has 5 heteroatoms. The lowest BCUT2D eigenvalue weighted by Gasteiger charge is -2.11. The highest BCUT2D eigenvalue weighted by molar-refractivity contribution is 5.74. The molecule has 0 spiro atoms. The molecule has 2 aromatic carbocycles. The molecule has 0 aliphatic carbocycles. The minimum atomic E-state index is -1.25. The standard InChI is InChI=1S/C17H18O5/c1-21-17(20)15(19)10-13-7-8-16(14(18)9-13)22-11-12-5-3-2-4-6-12/h2-9,15,18-19H,10-11H2,1H3. The van der Waals surface area contributed by atoms with E-state index in [-0.39, 0.29) is 12.2 Å². The Morgan fingerprint density at radius 1 is 1.14 bits per heavy atom. The molecule has 0 aliphatic rings. The summed E-state index contributed by atoms with van der Waals surface area (Å²) in [6, 6.07) is 14.4. The van der Waals surface area contributed by atoms with Gasteiger partial charge in [0.25, 0.3) is 0 Å². The maximum atomic E-state index is 11.2. The van der Waals surface area contributed by atoms with E-state index in [1.54, 1.807) is 12.1 Å². The fourth-order valence-corrected chi connectivity index (χ4v) is 1.99. The Morgan fingerprint density at radius 2 is 1.86 bits per heavy atom. The van der Waals surface area contributed by atoms with E-state index in [0.29, 0.717) is 17.9 Å². The molecule has 0 heterocycles. The van der Waals surface area contributed by atoms with E-state index < -0.39 is 12.1 Å². The van der Waals surface area contributed by atoms with Gasteiger partial charge in [-0.3, -0.25) is 0 Å². The Morgan fingerprint density at radius 3 is 2.50 bits per heavy atom. The third kappa shape index (κ3) is 4.23. The van der Waals surface area contributed by atoms with Crippen LogP contribution < -0.4 is 4.74 Å². The number of esters is 1. The number of carbonyl (C=O) groups is 1. The second-order valence-corrected chi connectivity index (χ2v) is 4.82. The van der Waals surface area contributed by atoms with Crippen molar-refractivity contribution in [1.29, 1.82) is 0 Å². The lowest BCUT2D eigenvalue weighted by Crippen LogP contribution is -2.24. The van der Waals surface area contributed by atoms with E-state index in [1.165, 1.54) is 13.2 Å². The van der Waals surface area contributed by atoms with Crippen molar-refractivity contribution in [2.24, 2.45) is 0 Å². The molecule has 5 nitrogen and oxygen atoms in total. The summed E-state index contributed by atoms with van der Waals surface area (Å²) in [5.41, 5.74) is 1.61. The minimum absolute atomic E-state index is 0.0366. The number of methoxy groups -OCH3 is 1. The second kappa shape index (κ2) is 7.47. The lowest BCUT2D eigenvalue weighted by atomic mass is 10.1. The average Bonchev–Trinajstić information content (AvgIpc) is 2.54. The number of aliphatic hydroxyl groups excluding tert-OH is 1. The summed E-state index contributed by atoms with van der Waals surface area (Å²) in [5, 5.41) is 19.6. The van der Waals surface area contributed by atoms with Gasteiger partial charge in [0.15, 0.2) is 17.6 Å². The first kappa shape index (κ1) is 15.9. The van der Waals surface area contributed by atoms with E-state index in [1.807, 2.05) is 30.3 Å². The zero-order chi connectivity index (χ0) is 15.9. The summed E-state index contributed by atoms with van der Waals surface area (Å²) in [6.07, 6.45) is -1.18. The molecule has 1 unspecified atom stereocenters. The maximum absolute atomic E-state index is 11.2. The number of aromatic hydroxyl groups is 1. The highest BCUT2D eigenvalue weighted by Crippen LogP contribution is 2.28. The molecule has 1 atom stereocenters. The molecule has 0 saturated heterocycles. The predicted molar refractivity (Wildman–Crippen MR) is 80.6 cm³/mol. The van der Waals surface area contributed by atoms with Crippen LogP contribution in [0.15, 0.2) is 48.5 Å². The fraction of sp³-hybridized carbons (Fsp3) is 0.235. The van der Waals surface area contributed by atoms with Crippen molar-refractivity contribution >= 4 is 5.97 Å². The number of hydrogen-bond donors (Lipinski definition) is 2. The van der Waals surface area contributed by atoms with E-state index in [4.69, 9.17) is 4.74 Å². The number of hydrogen-bond acceptors (Lipinski definition) is 5. The van der Waals surface area contributed by atoms with Crippen molar-refractivity contribution in [2.45, 2.75) is 19.1 Å². The van der Waals surface area contributed by atoms with Gasteiger partial charge in [-0.05, 0) is 23.3 Å². The molecule has 2 N–H and O–H groups in total. The molecule has 0 aliphatic heterocycles. The van der Waals surface area contributed by atoms with Crippen LogP contribution in [0.5, 0.6) is 11.5 Å². The lowest BCUT2D eigenvalue weighted by molar-refractivity contribution is -0.150. The molecule has 0 fully saturated rings. The van der Waals surface area contributed by atoms with Gasteiger partial charge in [0.1, 0.15) is 6.61 Å². The number of ether oxygens (including phenoxy) is 2. The highest BCUT2D eigenvalue weighted by atomic mass is 16.5. The van der Waals surface area contributed by atoms with E-state index in [0.717, 1.165) is 5.56 Å². The third-order valence-corrected chi connectivity index (χ3v) is 3.16. The summed E-state index contributed by atoms with van der Waals surface area (Å²) in [4.78, 5) is 11.2. The number of phenolic OH excluding ortho intramolecular Hbond substituents is 1. The minimum Gasteiger partial charge on any atom is -0.504 e. The highest BCUT2D eigenvalue weighted by Gasteiger charge is 2.16. The molecule has 116 valence electrons. The number of rotatable bonds is 6. The van der Waals surface area contributed by atoms with Crippen LogP contribution in [0.25, 0.3) is 0 Å². The Kier molecular flexibility index (Phi) is 5.38. The molecular weight excluding hydrogens is 284 g/mol. The first-order chi connectivity index (χ1) is 10.6. The van der Waals surface area contributed by atoms with Crippen molar-refractivity contribution in [3.8, 4) is 11.5 Å². The SMILES string of the molecule is COC(=O)C(O)Cc1ccc(OCc2ccccc2)c(O)c1. The van der Waals surface area contributed by atoms with Gasteiger partial charge in [-0.15, -0.1) is 0 Å². The molecule has 0 amide bonds. The zero-order valence-electron chi connectivity index (χ0n) is 12.2. The fourth-order valence-electron chi connectivity index (χ4n) is 1.99.